The molecule has 1 heterocycles. The zero-order valence-electron chi connectivity index (χ0n) is 11.6. The predicted octanol–water partition coefficient (Wildman–Crippen LogP) is 1.85. The van der Waals surface area contributed by atoms with Crippen LogP contribution in [-0.4, -0.2) is 35.5 Å². The summed E-state index contributed by atoms with van der Waals surface area (Å²) in [4.78, 5) is 22.1. The van der Waals surface area contributed by atoms with Gasteiger partial charge in [-0.2, -0.15) is 0 Å². The third kappa shape index (κ3) is 4.31. The quantitative estimate of drug-likeness (QED) is 0.837. The van der Waals surface area contributed by atoms with Crippen LogP contribution < -0.4 is 10.2 Å². The molecule has 5 heteroatoms. The minimum Gasteiger partial charge on any atom is -0.360 e. The summed E-state index contributed by atoms with van der Waals surface area (Å²) in [7, 11) is 1.97. The summed E-state index contributed by atoms with van der Waals surface area (Å²) in [6.45, 7) is 6.93. The van der Waals surface area contributed by atoms with Crippen molar-refractivity contribution in [2.75, 3.05) is 18.5 Å². The molecule has 100 valence electrons. The van der Waals surface area contributed by atoms with Crippen LogP contribution in [0.4, 0.5) is 5.82 Å². The summed E-state index contributed by atoms with van der Waals surface area (Å²) < 4.78 is 0. The zero-order valence-corrected chi connectivity index (χ0v) is 11.6. The second kappa shape index (κ2) is 6.93. The highest BCUT2D eigenvalue weighted by atomic mass is 16.1. The molecule has 0 spiro atoms. The SMILES string of the molecule is CCCCN(C)c1cc(C(=O)NC(C)C)ncn1. The number of unbranched alkanes of at least 4 members (excludes halogenated alkanes) is 1. The summed E-state index contributed by atoms with van der Waals surface area (Å²) in [5, 5.41) is 2.82. The summed E-state index contributed by atoms with van der Waals surface area (Å²) >= 11 is 0. The Morgan fingerprint density at radius 3 is 2.78 bits per heavy atom. The van der Waals surface area contributed by atoms with Crippen molar-refractivity contribution in [3.63, 3.8) is 0 Å². The number of carbonyl (C=O) groups is 1. The fourth-order valence-electron chi connectivity index (χ4n) is 1.53. The minimum atomic E-state index is -0.155. The van der Waals surface area contributed by atoms with Crippen LogP contribution in [-0.2, 0) is 0 Å². The summed E-state index contributed by atoms with van der Waals surface area (Å²) in [6, 6.07) is 1.83. The average molecular weight is 250 g/mol. The van der Waals surface area contributed by atoms with Crippen LogP contribution in [0.15, 0.2) is 12.4 Å². The Hall–Kier alpha value is -1.65. The van der Waals surface area contributed by atoms with Crippen molar-refractivity contribution in [2.45, 2.75) is 39.7 Å². The van der Waals surface area contributed by atoms with Crippen molar-refractivity contribution in [3.8, 4) is 0 Å². The van der Waals surface area contributed by atoms with E-state index in [9.17, 15) is 4.79 Å². The number of nitrogens with one attached hydrogen (secondary N) is 1. The normalized spacial score (nSPS) is 10.5. The number of rotatable bonds is 6. The monoisotopic (exact) mass is 250 g/mol. The van der Waals surface area contributed by atoms with Crippen molar-refractivity contribution in [1.29, 1.82) is 0 Å². The standard InChI is InChI=1S/C13H22N4O/c1-5-6-7-17(4)12-8-11(14-9-15-12)13(18)16-10(2)3/h8-10H,5-7H2,1-4H3,(H,16,18). The first-order valence-electron chi connectivity index (χ1n) is 6.38. The summed E-state index contributed by atoms with van der Waals surface area (Å²) in [5.41, 5.74) is 0.414. The molecule has 1 amide bonds. The number of anilines is 1. The number of carbonyl (C=O) groups excluding carboxylic acids is 1. The van der Waals surface area contributed by atoms with E-state index >= 15 is 0 Å². The molecule has 0 unspecified atom stereocenters. The highest BCUT2D eigenvalue weighted by Crippen LogP contribution is 2.10. The maximum Gasteiger partial charge on any atom is 0.270 e. The smallest absolute Gasteiger partial charge is 0.270 e. The second-order valence-electron chi connectivity index (χ2n) is 4.66. The van der Waals surface area contributed by atoms with Crippen LogP contribution in [0, 0.1) is 0 Å². The Labute approximate surface area is 109 Å². The molecule has 1 aromatic rings. The molecule has 0 fully saturated rings. The molecule has 0 saturated heterocycles. The molecule has 0 aliphatic rings. The third-order valence-electron chi connectivity index (χ3n) is 2.54. The molecule has 0 aliphatic carbocycles. The van der Waals surface area contributed by atoms with Gasteiger partial charge >= 0.3 is 0 Å². The lowest BCUT2D eigenvalue weighted by molar-refractivity contribution is 0.0938. The number of aromatic nitrogens is 2. The lowest BCUT2D eigenvalue weighted by Crippen LogP contribution is -2.31. The molecule has 18 heavy (non-hydrogen) atoms. The zero-order chi connectivity index (χ0) is 13.5. The van der Waals surface area contributed by atoms with Gasteiger partial charge in [0.15, 0.2) is 0 Å². The van der Waals surface area contributed by atoms with E-state index < -0.39 is 0 Å². The van der Waals surface area contributed by atoms with Crippen molar-refractivity contribution < 1.29 is 4.79 Å². The molecular weight excluding hydrogens is 228 g/mol. The van der Waals surface area contributed by atoms with E-state index in [-0.39, 0.29) is 11.9 Å². The van der Waals surface area contributed by atoms with Crippen LogP contribution in [0.3, 0.4) is 0 Å². The minimum absolute atomic E-state index is 0.105. The summed E-state index contributed by atoms with van der Waals surface area (Å²) in [6.07, 6.45) is 3.68. The van der Waals surface area contributed by atoms with E-state index in [4.69, 9.17) is 0 Å². The van der Waals surface area contributed by atoms with Crippen molar-refractivity contribution in [1.82, 2.24) is 15.3 Å². The Bertz CT molecular complexity index is 392. The number of hydrogen-bond donors (Lipinski definition) is 1. The summed E-state index contributed by atoms with van der Waals surface area (Å²) in [5.74, 6) is 0.630. The Balaban J connectivity index is 2.75. The van der Waals surface area contributed by atoms with Crippen LogP contribution in [0.25, 0.3) is 0 Å². The Morgan fingerprint density at radius 2 is 2.17 bits per heavy atom. The van der Waals surface area contributed by atoms with Crippen LogP contribution in [0.5, 0.6) is 0 Å². The van der Waals surface area contributed by atoms with E-state index in [2.05, 4.69) is 22.2 Å². The maximum atomic E-state index is 11.8. The van der Waals surface area contributed by atoms with Gasteiger partial charge in [-0.15, -0.1) is 0 Å². The topological polar surface area (TPSA) is 58.1 Å². The second-order valence-corrected chi connectivity index (χ2v) is 4.66. The van der Waals surface area contributed by atoms with Crippen molar-refractivity contribution in [2.24, 2.45) is 0 Å². The largest absolute Gasteiger partial charge is 0.360 e. The first-order valence-corrected chi connectivity index (χ1v) is 6.38. The van der Waals surface area contributed by atoms with Crippen LogP contribution in [0.2, 0.25) is 0 Å². The van der Waals surface area contributed by atoms with Crippen LogP contribution >= 0.6 is 0 Å². The van der Waals surface area contributed by atoms with Gasteiger partial charge in [0.1, 0.15) is 17.8 Å². The van der Waals surface area contributed by atoms with Gasteiger partial charge in [-0.25, -0.2) is 9.97 Å². The molecule has 0 atom stereocenters. The number of hydrogen-bond acceptors (Lipinski definition) is 4. The van der Waals surface area contributed by atoms with Gasteiger partial charge in [-0.05, 0) is 20.3 Å². The predicted molar refractivity (Wildman–Crippen MR) is 72.8 cm³/mol. The van der Waals surface area contributed by atoms with E-state index in [0.29, 0.717) is 5.69 Å². The average Bonchev–Trinajstić information content (AvgIpc) is 2.35. The van der Waals surface area contributed by atoms with E-state index in [1.165, 1.54) is 6.33 Å². The van der Waals surface area contributed by atoms with Gasteiger partial charge in [0, 0.05) is 25.7 Å². The fourth-order valence-corrected chi connectivity index (χ4v) is 1.53. The Morgan fingerprint density at radius 1 is 1.44 bits per heavy atom. The number of nitrogens with zero attached hydrogens (tertiary/aromatic N) is 3. The third-order valence-corrected chi connectivity index (χ3v) is 2.54. The Kier molecular flexibility index (Phi) is 5.55. The van der Waals surface area contributed by atoms with E-state index in [1.807, 2.05) is 25.8 Å². The van der Waals surface area contributed by atoms with Crippen molar-refractivity contribution in [3.05, 3.63) is 18.1 Å². The molecular formula is C13H22N4O. The highest BCUT2D eigenvalue weighted by Gasteiger charge is 2.11. The van der Waals surface area contributed by atoms with Gasteiger partial charge in [0.05, 0.1) is 0 Å². The molecule has 0 radical (unpaired) electrons. The highest BCUT2D eigenvalue weighted by molar-refractivity contribution is 5.93. The van der Waals surface area contributed by atoms with Gasteiger partial charge < -0.3 is 10.2 Å². The molecule has 1 rings (SSSR count). The molecule has 0 aromatic carbocycles. The first-order chi connectivity index (χ1) is 8.54. The van der Waals surface area contributed by atoms with E-state index in [1.54, 1.807) is 6.07 Å². The molecule has 0 saturated carbocycles. The first kappa shape index (κ1) is 14.4. The lowest BCUT2D eigenvalue weighted by atomic mass is 10.3. The van der Waals surface area contributed by atoms with Gasteiger partial charge in [-0.1, -0.05) is 13.3 Å². The maximum absolute atomic E-state index is 11.8. The lowest BCUT2D eigenvalue weighted by Gasteiger charge is -2.18. The number of amides is 1. The van der Waals surface area contributed by atoms with Gasteiger partial charge in [0.2, 0.25) is 0 Å². The van der Waals surface area contributed by atoms with Gasteiger partial charge in [0.25, 0.3) is 5.91 Å². The van der Waals surface area contributed by atoms with Crippen LogP contribution in [0.1, 0.15) is 44.1 Å². The molecule has 0 aliphatic heterocycles. The van der Waals surface area contributed by atoms with Crippen molar-refractivity contribution >= 4 is 11.7 Å². The van der Waals surface area contributed by atoms with Gasteiger partial charge in [-0.3, -0.25) is 4.79 Å². The molecule has 0 bridgehead atoms. The molecule has 5 nitrogen and oxygen atoms in total. The van der Waals surface area contributed by atoms with E-state index in [0.717, 1.165) is 25.2 Å². The molecule has 1 N–H and O–H groups in total. The fraction of sp³-hybridized carbons (Fsp3) is 0.615. The molecule has 1 aromatic heterocycles.